The van der Waals surface area contributed by atoms with Gasteiger partial charge in [-0.05, 0) is 96.4 Å². The van der Waals surface area contributed by atoms with Gasteiger partial charge in [0.05, 0.1) is 17.4 Å². The number of hydrogen-bond donors (Lipinski definition) is 1. The van der Waals surface area contributed by atoms with Gasteiger partial charge in [-0.2, -0.15) is 0 Å². The number of amides is 1. The lowest BCUT2D eigenvalue weighted by Gasteiger charge is -2.44. The van der Waals surface area contributed by atoms with Crippen molar-refractivity contribution in [3.63, 3.8) is 0 Å². The molecule has 1 N–H and O–H groups in total. The second-order valence-corrected chi connectivity index (χ2v) is 14.3. The smallest absolute Gasteiger partial charge is 0.340 e. The molecule has 0 radical (unpaired) electrons. The van der Waals surface area contributed by atoms with Gasteiger partial charge in [-0.1, -0.05) is 61.7 Å². The van der Waals surface area contributed by atoms with E-state index < -0.39 is 17.7 Å². The van der Waals surface area contributed by atoms with Gasteiger partial charge in [-0.3, -0.25) is 9.78 Å². The minimum absolute atomic E-state index is 0.121. The highest BCUT2D eigenvalue weighted by Crippen LogP contribution is 2.46. The van der Waals surface area contributed by atoms with E-state index >= 15 is 0 Å². The number of esters is 1. The third kappa shape index (κ3) is 7.98. The molecule has 1 amide bonds. The first-order valence-corrected chi connectivity index (χ1v) is 17.0. The van der Waals surface area contributed by atoms with E-state index in [0.717, 1.165) is 64.8 Å². The Morgan fingerprint density at radius 1 is 0.935 bits per heavy atom. The molecule has 1 aromatic heterocycles. The number of benzene rings is 2. The third-order valence-electron chi connectivity index (χ3n) is 9.22. The van der Waals surface area contributed by atoms with Gasteiger partial charge in [0.25, 0.3) is 5.91 Å². The minimum Gasteiger partial charge on any atom is -0.461 e. The summed E-state index contributed by atoms with van der Waals surface area (Å²) in [4.78, 5) is 34.4. The maximum Gasteiger partial charge on any atom is 0.340 e. The highest BCUT2D eigenvalue weighted by Gasteiger charge is 2.39. The Balaban J connectivity index is 1.58. The third-order valence-corrected chi connectivity index (χ3v) is 9.22. The molecule has 0 spiro atoms. The van der Waals surface area contributed by atoms with E-state index in [-0.39, 0.29) is 12.0 Å². The Morgan fingerprint density at radius 2 is 1.61 bits per heavy atom. The van der Waals surface area contributed by atoms with Crippen LogP contribution in [0.25, 0.3) is 11.1 Å². The van der Waals surface area contributed by atoms with Crippen LogP contribution in [0.2, 0.25) is 0 Å². The van der Waals surface area contributed by atoms with Crippen LogP contribution in [0.1, 0.15) is 106 Å². The topological polar surface area (TPSA) is 80.8 Å². The number of aryl methyl sites for hydroxylation is 2. The molecule has 1 aliphatic carbocycles. The first-order valence-electron chi connectivity index (χ1n) is 17.0. The summed E-state index contributed by atoms with van der Waals surface area (Å²) >= 11 is 0. The number of fused-ring (bicyclic) bond motifs is 1. The van der Waals surface area contributed by atoms with Crippen LogP contribution in [0, 0.1) is 25.7 Å². The van der Waals surface area contributed by atoms with Crippen LogP contribution in [-0.2, 0) is 20.8 Å². The minimum atomic E-state index is -0.934. The van der Waals surface area contributed by atoms with Gasteiger partial charge in [0.15, 0.2) is 6.10 Å². The molecule has 246 valence electrons. The van der Waals surface area contributed by atoms with E-state index in [0.29, 0.717) is 18.0 Å². The molecule has 7 nitrogen and oxygen atoms in total. The normalized spacial score (nSPS) is 19.0. The van der Waals surface area contributed by atoms with Crippen LogP contribution < -0.4 is 10.2 Å². The number of hydrogen-bond acceptors (Lipinski definition) is 6. The van der Waals surface area contributed by atoms with Crippen LogP contribution in [0.5, 0.6) is 0 Å². The van der Waals surface area contributed by atoms with Crippen molar-refractivity contribution in [3.05, 3.63) is 82.7 Å². The molecule has 3 atom stereocenters. The molecule has 46 heavy (non-hydrogen) atoms. The zero-order valence-corrected chi connectivity index (χ0v) is 28.7. The van der Waals surface area contributed by atoms with Gasteiger partial charge in [0.2, 0.25) is 0 Å². The lowest BCUT2D eigenvalue weighted by molar-refractivity contribution is -0.171. The molecule has 1 aliphatic heterocycles. The van der Waals surface area contributed by atoms with E-state index in [9.17, 15) is 9.59 Å². The lowest BCUT2D eigenvalue weighted by Crippen LogP contribution is -2.43. The number of piperidine rings is 1. The van der Waals surface area contributed by atoms with Crippen molar-refractivity contribution in [3.8, 4) is 11.1 Å². The van der Waals surface area contributed by atoms with Crippen molar-refractivity contribution >= 4 is 17.6 Å². The standard InChI is InChI=1S/C39H51N3O4/c1-25(2)45-38(44)36(46-39(5,6)7)34-27(4)41-26(3)33(35(34)42-22-21-29-15-11-12-16-32(29)24-42)30-17-19-31(20-18-30)37(43)40-23-28-13-9-8-10-14-28/h8-10,13-14,17-20,25,29,32,36H,11-12,15-16,21-24H2,1-7H3,(H,40,43)/t29-,32+,36?/m1/s1. The van der Waals surface area contributed by atoms with E-state index in [1.54, 1.807) is 0 Å². The van der Waals surface area contributed by atoms with Crippen LogP contribution >= 0.6 is 0 Å². The molecular formula is C39H51N3O4. The quantitative estimate of drug-likeness (QED) is 0.242. The van der Waals surface area contributed by atoms with Crippen molar-refractivity contribution in [2.75, 3.05) is 18.0 Å². The van der Waals surface area contributed by atoms with E-state index in [4.69, 9.17) is 14.5 Å². The Kier molecular flexibility index (Phi) is 10.5. The first-order chi connectivity index (χ1) is 21.9. The largest absolute Gasteiger partial charge is 0.461 e. The van der Waals surface area contributed by atoms with Gasteiger partial charge in [-0.15, -0.1) is 0 Å². The molecule has 2 heterocycles. The molecular weight excluding hydrogens is 574 g/mol. The first kappa shape index (κ1) is 33.6. The number of nitrogens with one attached hydrogen (secondary N) is 1. The zero-order chi connectivity index (χ0) is 33.0. The summed E-state index contributed by atoms with van der Waals surface area (Å²) in [5.74, 6) is 0.854. The van der Waals surface area contributed by atoms with Gasteiger partial charge in [0, 0.05) is 47.7 Å². The Morgan fingerprint density at radius 3 is 2.26 bits per heavy atom. The fourth-order valence-corrected chi connectivity index (χ4v) is 7.18. The van der Waals surface area contributed by atoms with Crippen molar-refractivity contribution in [2.45, 2.75) is 105 Å². The molecule has 3 aromatic rings. The Hall–Kier alpha value is -3.71. The fourth-order valence-electron chi connectivity index (χ4n) is 7.18. The molecule has 0 bridgehead atoms. The summed E-state index contributed by atoms with van der Waals surface area (Å²) in [6, 6.07) is 17.7. The molecule has 5 rings (SSSR count). The average molecular weight is 626 g/mol. The summed E-state index contributed by atoms with van der Waals surface area (Å²) in [5, 5.41) is 3.03. The maximum absolute atomic E-state index is 13.8. The summed E-state index contributed by atoms with van der Waals surface area (Å²) in [6.45, 7) is 16.0. The lowest BCUT2D eigenvalue weighted by atomic mass is 9.74. The molecule has 1 saturated carbocycles. The van der Waals surface area contributed by atoms with Crippen molar-refractivity contribution in [1.29, 1.82) is 0 Å². The summed E-state index contributed by atoms with van der Waals surface area (Å²) in [7, 11) is 0. The van der Waals surface area contributed by atoms with Gasteiger partial charge in [-0.25, -0.2) is 4.79 Å². The Labute approximate surface area is 275 Å². The number of anilines is 1. The Bertz CT molecular complexity index is 1510. The average Bonchev–Trinajstić information content (AvgIpc) is 3.02. The van der Waals surface area contributed by atoms with E-state index in [1.165, 1.54) is 25.7 Å². The van der Waals surface area contributed by atoms with E-state index in [1.807, 2.05) is 103 Å². The SMILES string of the molecule is Cc1nc(C)c(C(OC(C)(C)C)C(=O)OC(C)C)c(N2CC[C@H]3CCCC[C@H]3C2)c1-c1ccc(C(=O)NCc2ccccc2)cc1. The van der Waals surface area contributed by atoms with Gasteiger partial charge >= 0.3 is 5.97 Å². The van der Waals surface area contributed by atoms with Crippen LogP contribution in [-0.4, -0.2) is 41.7 Å². The monoisotopic (exact) mass is 625 g/mol. The van der Waals surface area contributed by atoms with Crippen LogP contribution in [0.3, 0.4) is 0 Å². The highest BCUT2D eigenvalue weighted by molar-refractivity contribution is 5.95. The predicted molar refractivity (Wildman–Crippen MR) is 184 cm³/mol. The summed E-state index contributed by atoms with van der Waals surface area (Å²) < 4.78 is 12.4. The van der Waals surface area contributed by atoms with Crippen LogP contribution in [0.4, 0.5) is 5.69 Å². The zero-order valence-electron chi connectivity index (χ0n) is 28.7. The number of ether oxygens (including phenoxy) is 2. The molecule has 2 aliphatic rings. The number of nitrogens with zero attached hydrogens (tertiary/aromatic N) is 2. The molecule has 1 unspecified atom stereocenters. The number of carbonyl (C=O) groups excluding carboxylic acids is 2. The second kappa shape index (κ2) is 14.4. The van der Waals surface area contributed by atoms with Crippen molar-refractivity contribution in [2.24, 2.45) is 11.8 Å². The second-order valence-electron chi connectivity index (χ2n) is 14.3. The number of carbonyl (C=O) groups is 2. The van der Waals surface area contributed by atoms with Crippen molar-refractivity contribution < 1.29 is 19.1 Å². The van der Waals surface area contributed by atoms with Gasteiger partial charge in [0.1, 0.15) is 0 Å². The van der Waals surface area contributed by atoms with E-state index in [2.05, 4.69) is 10.2 Å². The number of pyridine rings is 1. The fraction of sp³-hybridized carbons (Fsp3) is 0.513. The molecule has 1 saturated heterocycles. The number of aromatic nitrogens is 1. The number of rotatable bonds is 9. The summed E-state index contributed by atoms with van der Waals surface area (Å²) in [5.41, 5.74) is 6.42. The summed E-state index contributed by atoms with van der Waals surface area (Å²) in [6.07, 6.45) is 5.05. The van der Waals surface area contributed by atoms with Crippen LogP contribution in [0.15, 0.2) is 54.6 Å². The predicted octanol–water partition coefficient (Wildman–Crippen LogP) is 8.12. The molecule has 2 fully saturated rings. The molecule has 2 aromatic carbocycles. The van der Waals surface area contributed by atoms with Gasteiger partial charge < -0.3 is 19.7 Å². The maximum atomic E-state index is 13.8. The molecule has 7 heteroatoms. The highest BCUT2D eigenvalue weighted by atomic mass is 16.6. The van der Waals surface area contributed by atoms with Crippen molar-refractivity contribution in [1.82, 2.24) is 10.3 Å².